The van der Waals surface area contributed by atoms with Crippen molar-refractivity contribution in [1.29, 1.82) is 0 Å². The molecule has 0 aliphatic carbocycles. The van der Waals surface area contributed by atoms with Crippen LogP contribution in [0.1, 0.15) is 31.7 Å². The van der Waals surface area contributed by atoms with E-state index in [0.717, 1.165) is 42.0 Å². The van der Waals surface area contributed by atoms with Gasteiger partial charge in [0.05, 0.1) is 23.5 Å². The van der Waals surface area contributed by atoms with E-state index in [1.54, 1.807) is 0 Å². The van der Waals surface area contributed by atoms with Gasteiger partial charge in [0.15, 0.2) is 0 Å². The number of carbonyl (C=O) groups excluding carboxylic acids is 1. The minimum Gasteiger partial charge on any atom is -0.311 e. The van der Waals surface area contributed by atoms with Crippen LogP contribution in [0.3, 0.4) is 0 Å². The van der Waals surface area contributed by atoms with E-state index >= 15 is 0 Å². The van der Waals surface area contributed by atoms with E-state index in [9.17, 15) is 4.79 Å². The molecular formula is C19H21N3O. The lowest BCUT2D eigenvalue weighted by Crippen LogP contribution is -2.38. The Morgan fingerprint density at radius 3 is 2.61 bits per heavy atom. The van der Waals surface area contributed by atoms with Gasteiger partial charge in [-0.15, -0.1) is 0 Å². The molecular weight excluding hydrogens is 286 g/mol. The van der Waals surface area contributed by atoms with Crippen LogP contribution >= 0.6 is 0 Å². The van der Waals surface area contributed by atoms with Gasteiger partial charge < -0.3 is 4.90 Å². The van der Waals surface area contributed by atoms with Crippen LogP contribution < -0.4 is 10.3 Å². The Morgan fingerprint density at radius 2 is 1.83 bits per heavy atom. The van der Waals surface area contributed by atoms with Crippen LogP contribution in [0.25, 0.3) is 0 Å². The fraction of sp³-hybridized carbons (Fsp3) is 0.263. The summed E-state index contributed by atoms with van der Waals surface area (Å²) in [6.07, 6.45) is 2.41. The van der Waals surface area contributed by atoms with Crippen molar-refractivity contribution in [3.63, 3.8) is 0 Å². The van der Waals surface area contributed by atoms with E-state index in [0.29, 0.717) is 6.42 Å². The lowest BCUT2D eigenvalue weighted by atomic mass is 9.98. The molecule has 3 rings (SSSR count). The topological polar surface area (TPSA) is 44.7 Å². The molecule has 1 N–H and O–H groups in total. The number of amides is 1. The highest BCUT2D eigenvalue weighted by molar-refractivity contribution is 6.21. The molecule has 1 aliphatic rings. The molecule has 2 aromatic carbocycles. The summed E-state index contributed by atoms with van der Waals surface area (Å²) in [4.78, 5) is 14.4. The number of fused-ring (bicyclic) bond motifs is 1. The second-order valence-electron chi connectivity index (χ2n) is 5.63. The molecule has 2 aromatic rings. The third-order valence-corrected chi connectivity index (χ3v) is 3.95. The number of nitrogens with zero attached hydrogens (tertiary/aromatic N) is 2. The van der Waals surface area contributed by atoms with Crippen LogP contribution in [0.4, 0.5) is 11.4 Å². The number of para-hydroxylation sites is 2. The van der Waals surface area contributed by atoms with Gasteiger partial charge in [-0.1, -0.05) is 49.7 Å². The largest absolute Gasteiger partial charge is 0.311 e. The molecule has 0 bridgehead atoms. The normalized spacial score (nSPS) is 15.6. The van der Waals surface area contributed by atoms with E-state index in [-0.39, 0.29) is 5.91 Å². The van der Waals surface area contributed by atoms with E-state index in [1.807, 2.05) is 59.5 Å². The lowest BCUT2D eigenvalue weighted by molar-refractivity contribution is -0.117. The van der Waals surface area contributed by atoms with Gasteiger partial charge in [0, 0.05) is 12.1 Å². The molecule has 1 amide bonds. The van der Waals surface area contributed by atoms with Gasteiger partial charge in [-0.3, -0.25) is 10.2 Å². The minimum atomic E-state index is 0.116. The quantitative estimate of drug-likeness (QED) is 0.847. The SMILES string of the molecule is CCCCN1C(=O)CC(=NNc2ccccc2)c2ccccc21. The molecule has 4 nitrogen and oxygen atoms in total. The average Bonchev–Trinajstić information content (AvgIpc) is 2.60. The predicted octanol–water partition coefficient (Wildman–Crippen LogP) is 4.04. The third kappa shape index (κ3) is 3.42. The highest BCUT2D eigenvalue weighted by Gasteiger charge is 2.27. The summed E-state index contributed by atoms with van der Waals surface area (Å²) in [6.45, 7) is 2.91. The molecule has 23 heavy (non-hydrogen) atoms. The molecule has 0 radical (unpaired) electrons. The summed E-state index contributed by atoms with van der Waals surface area (Å²) < 4.78 is 0. The van der Waals surface area contributed by atoms with Crippen molar-refractivity contribution in [2.45, 2.75) is 26.2 Å². The number of anilines is 2. The molecule has 0 saturated carbocycles. The van der Waals surface area contributed by atoms with Crippen LogP contribution in [-0.4, -0.2) is 18.2 Å². The van der Waals surface area contributed by atoms with Gasteiger partial charge in [0.2, 0.25) is 5.91 Å². The summed E-state index contributed by atoms with van der Waals surface area (Å²) in [5.41, 5.74) is 6.76. The van der Waals surface area contributed by atoms with Crippen molar-refractivity contribution >= 4 is 23.0 Å². The van der Waals surface area contributed by atoms with Crippen LogP contribution in [0, 0.1) is 0 Å². The first-order chi connectivity index (χ1) is 11.3. The standard InChI is InChI=1S/C19H21N3O/c1-2-3-13-22-18-12-8-7-11-16(18)17(14-19(22)23)21-20-15-9-5-4-6-10-15/h4-12,20H,2-3,13-14H2,1H3. The molecule has 0 aromatic heterocycles. The number of carbonyl (C=O) groups is 1. The Balaban J connectivity index is 1.89. The first kappa shape index (κ1) is 15.3. The number of hydrazone groups is 1. The number of rotatable bonds is 5. The first-order valence-corrected chi connectivity index (χ1v) is 8.07. The van der Waals surface area contributed by atoms with Gasteiger partial charge in [0.1, 0.15) is 0 Å². The molecule has 4 heteroatoms. The summed E-state index contributed by atoms with van der Waals surface area (Å²) >= 11 is 0. The highest BCUT2D eigenvalue weighted by Crippen LogP contribution is 2.28. The zero-order chi connectivity index (χ0) is 16.1. The summed E-state index contributed by atoms with van der Waals surface area (Å²) in [7, 11) is 0. The van der Waals surface area contributed by atoms with Crippen molar-refractivity contribution in [3.8, 4) is 0 Å². The summed E-state index contributed by atoms with van der Waals surface area (Å²) in [5.74, 6) is 0.116. The van der Waals surface area contributed by atoms with E-state index < -0.39 is 0 Å². The Kier molecular flexibility index (Phi) is 4.71. The van der Waals surface area contributed by atoms with E-state index in [4.69, 9.17) is 0 Å². The number of hydrogen-bond donors (Lipinski definition) is 1. The molecule has 0 atom stereocenters. The number of unbranched alkanes of at least 4 members (excludes halogenated alkanes) is 1. The Bertz CT molecular complexity index is 710. The predicted molar refractivity (Wildman–Crippen MR) is 94.9 cm³/mol. The highest BCUT2D eigenvalue weighted by atomic mass is 16.2. The van der Waals surface area contributed by atoms with Gasteiger partial charge in [-0.05, 0) is 24.6 Å². The Hall–Kier alpha value is -2.62. The molecule has 0 spiro atoms. The fourth-order valence-corrected chi connectivity index (χ4v) is 2.73. The van der Waals surface area contributed by atoms with Gasteiger partial charge in [-0.2, -0.15) is 5.10 Å². The third-order valence-electron chi connectivity index (χ3n) is 3.95. The van der Waals surface area contributed by atoms with Crippen LogP contribution in [0.15, 0.2) is 59.7 Å². The molecule has 0 unspecified atom stereocenters. The Labute approximate surface area is 136 Å². The van der Waals surface area contributed by atoms with Crippen LogP contribution in [-0.2, 0) is 4.79 Å². The van der Waals surface area contributed by atoms with Crippen molar-refractivity contribution in [3.05, 3.63) is 60.2 Å². The zero-order valence-electron chi connectivity index (χ0n) is 13.3. The average molecular weight is 307 g/mol. The number of hydrogen-bond acceptors (Lipinski definition) is 3. The zero-order valence-corrected chi connectivity index (χ0v) is 13.3. The maximum absolute atomic E-state index is 12.5. The van der Waals surface area contributed by atoms with Gasteiger partial charge in [0.25, 0.3) is 0 Å². The maximum atomic E-state index is 12.5. The van der Waals surface area contributed by atoms with Crippen LogP contribution in [0.5, 0.6) is 0 Å². The monoisotopic (exact) mass is 307 g/mol. The van der Waals surface area contributed by atoms with Crippen molar-refractivity contribution < 1.29 is 4.79 Å². The summed E-state index contributed by atoms with van der Waals surface area (Å²) in [5, 5.41) is 4.48. The first-order valence-electron chi connectivity index (χ1n) is 8.07. The Morgan fingerprint density at radius 1 is 1.09 bits per heavy atom. The fourth-order valence-electron chi connectivity index (χ4n) is 2.73. The molecule has 1 aliphatic heterocycles. The second kappa shape index (κ2) is 7.09. The van der Waals surface area contributed by atoms with Crippen LogP contribution in [0.2, 0.25) is 0 Å². The molecule has 118 valence electrons. The minimum absolute atomic E-state index is 0.116. The number of nitrogens with one attached hydrogen (secondary N) is 1. The molecule has 0 saturated heterocycles. The van der Waals surface area contributed by atoms with Crippen molar-refractivity contribution in [2.24, 2.45) is 5.10 Å². The van der Waals surface area contributed by atoms with E-state index in [2.05, 4.69) is 17.5 Å². The number of benzene rings is 2. The van der Waals surface area contributed by atoms with Crippen molar-refractivity contribution in [1.82, 2.24) is 0 Å². The van der Waals surface area contributed by atoms with E-state index in [1.165, 1.54) is 0 Å². The second-order valence-corrected chi connectivity index (χ2v) is 5.63. The van der Waals surface area contributed by atoms with Crippen molar-refractivity contribution in [2.75, 3.05) is 16.9 Å². The molecule has 0 fully saturated rings. The smallest absolute Gasteiger partial charge is 0.233 e. The van der Waals surface area contributed by atoms with Gasteiger partial charge >= 0.3 is 0 Å². The summed E-state index contributed by atoms with van der Waals surface area (Å²) in [6, 6.07) is 17.8. The molecule has 1 heterocycles. The van der Waals surface area contributed by atoms with Gasteiger partial charge in [-0.25, -0.2) is 0 Å². The lowest BCUT2D eigenvalue weighted by Gasteiger charge is -2.30. The maximum Gasteiger partial charge on any atom is 0.233 e.